The number of fused-ring (bicyclic) bond motifs is 2. The van der Waals surface area contributed by atoms with E-state index in [9.17, 15) is 4.79 Å². The normalized spacial score (nSPS) is 16.2. The van der Waals surface area contributed by atoms with Crippen LogP contribution in [-0.2, 0) is 6.54 Å². The number of benzene rings is 1. The summed E-state index contributed by atoms with van der Waals surface area (Å²) in [6, 6.07) is 8.50. The summed E-state index contributed by atoms with van der Waals surface area (Å²) in [4.78, 5) is 23.5. The second-order valence-electron chi connectivity index (χ2n) is 6.71. The van der Waals surface area contributed by atoms with Crippen molar-refractivity contribution in [2.45, 2.75) is 19.5 Å². The molecule has 4 aromatic rings. The van der Waals surface area contributed by atoms with Gasteiger partial charge in [-0.2, -0.15) is 0 Å². The molecule has 0 N–H and O–H groups in total. The van der Waals surface area contributed by atoms with Crippen molar-refractivity contribution < 1.29 is 4.79 Å². The number of halogens is 2. The van der Waals surface area contributed by atoms with Gasteiger partial charge in [0.2, 0.25) is 0 Å². The second-order valence-corrected chi connectivity index (χ2v) is 8.56. The SMILES string of the molecule is C[C@@H]1c2nnc(-c3nc4cnc(Cl)cc4s3)n2CCN1C(=O)c1ccc(Cl)cc1. The second kappa shape index (κ2) is 7.05. The van der Waals surface area contributed by atoms with Crippen LogP contribution in [0.2, 0.25) is 10.2 Å². The molecule has 0 spiro atoms. The highest BCUT2D eigenvalue weighted by atomic mass is 35.5. The topological polar surface area (TPSA) is 76.8 Å². The van der Waals surface area contributed by atoms with E-state index in [0.717, 1.165) is 21.0 Å². The number of hydrogen-bond acceptors (Lipinski definition) is 6. The van der Waals surface area contributed by atoms with Gasteiger partial charge in [-0.3, -0.25) is 4.79 Å². The number of nitrogens with zero attached hydrogens (tertiary/aromatic N) is 6. The van der Waals surface area contributed by atoms with Crippen LogP contribution in [0.5, 0.6) is 0 Å². The van der Waals surface area contributed by atoms with Crippen LogP contribution in [0.3, 0.4) is 0 Å². The van der Waals surface area contributed by atoms with E-state index in [1.54, 1.807) is 41.4 Å². The highest BCUT2D eigenvalue weighted by Crippen LogP contribution is 2.33. The van der Waals surface area contributed by atoms with Gasteiger partial charge in [0, 0.05) is 23.7 Å². The van der Waals surface area contributed by atoms with E-state index in [2.05, 4.69) is 20.2 Å². The summed E-state index contributed by atoms with van der Waals surface area (Å²) in [5.41, 5.74) is 1.38. The van der Waals surface area contributed by atoms with Crippen LogP contribution in [0.15, 0.2) is 36.5 Å². The van der Waals surface area contributed by atoms with Crippen LogP contribution in [0.4, 0.5) is 0 Å². The molecule has 1 aliphatic heterocycles. The van der Waals surface area contributed by atoms with Crippen molar-refractivity contribution >= 4 is 50.7 Å². The fourth-order valence-electron chi connectivity index (χ4n) is 3.48. The number of carbonyl (C=O) groups excluding carboxylic acids is 1. The molecule has 1 amide bonds. The number of rotatable bonds is 2. The van der Waals surface area contributed by atoms with Gasteiger partial charge in [0.05, 0.1) is 16.9 Å². The van der Waals surface area contributed by atoms with E-state index >= 15 is 0 Å². The highest BCUT2D eigenvalue weighted by molar-refractivity contribution is 7.21. The molecule has 1 aliphatic rings. The van der Waals surface area contributed by atoms with Gasteiger partial charge in [-0.15, -0.1) is 21.5 Å². The summed E-state index contributed by atoms with van der Waals surface area (Å²) >= 11 is 13.4. The van der Waals surface area contributed by atoms with Crippen LogP contribution in [0.25, 0.3) is 21.0 Å². The molecule has 146 valence electrons. The number of pyridine rings is 1. The minimum atomic E-state index is -0.210. The third-order valence-corrected chi connectivity index (χ3v) is 6.44. The Morgan fingerprint density at radius 2 is 1.97 bits per heavy atom. The maximum Gasteiger partial charge on any atom is 0.254 e. The lowest BCUT2D eigenvalue weighted by Crippen LogP contribution is -2.41. The Bertz CT molecular complexity index is 1240. The molecule has 0 saturated carbocycles. The zero-order valence-corrected chi connectivity index (χ0v) is 17.5. The first-order valence-electron chi connectivity index (χ1n) is 8.93. The van der Waals surface area contributed by atoms with Crippen molar-refractivity contribution in [1.82, 2.24) is 29.6 Å². The summed E-state index contributed by atoms with van der Waals surface area (Å²) in [5.74, 6) is 1.39. The van der Waals surface area contributed by atoms with E-state index in [-0.39, 0.29) is 11.9 Å². The third kappa shape index (κ3) is 3.17. The minimum Gasteiger partial charge on any atom is -0.327 e. The Morgan fingerprint density at radius 3 is 2.76 bits per heavy atom. The fourth-order valence-corrected chi connectivity index (χ4v) is 4.80. The molecular formula is C19H14Cl2N6OS. The quantitative estimate of drug-likeness (QED) is 0.426. The maximum absolute atomic E-state index is 13.0. The Morgan fingerprint density at radius 1 is 1.17 bits per heavy atom. The summed E-state index contributed by atoms with van der Waals surface area (Å²) in [7, 11) is 0. The lowest BCUT2D eigenvalue weighted by molar-refractivity contribution is 0.0638. The Balaban J connectivity index is 1.47. The molecule has 1 aromatic carbocycles. The first kappa shape index (κ1) is 18.5. The predicted octanol–water partition coefficient (Wildman–Crippen LogP) is 4.47. The van der Waals surface area contributed by atoms with Crippen LogP contribution >= 0.6 is 34.5 Å². The number of aromatic nitrogens is 5. The van der Waals surface area contributed by atoms with Gasteiger partial charge in [0.25, 0.3) is 5.91 Å². The van der Waals surface area contributed by atoms with Crippen LogP contribution in [0.1, 0.15) is 29.1 Å². The molecule has 0 saturated heterocycles. The van der Waals surface area contributed by atoms with Gasteiger partial charge < -0.3 is 9.47 Å². The maximum atomic E-state index is 13.0. The summed E-state index contributed by atoms with van der Waals surface area (Å²) < 4.78 is 2.98. The van der Waals surface area contributed by atoms with E-state index in [0.29, 0.717) is 34.7 Å². The summed E-state index contributed by atoms with van der Waals surface area (Å²) in [5, 5.41) is 10.5. The zero-order valence-electron chi connectivity index (χ0n) is 15.2. The summed E-state index contributed by atoms with van der Waals surface area (Å²) in [6.07, 6.45) is 1.65. The molecule has 7 nitrogen and oxygen atoms in total. The van der Waals surface area contributed by atoms with Crippen molar-refractivity contribution in [2.24, 2.45) is 0 Å². The molecule has 0 unspecified atom stereocenters. The van der Waals surface area contributed by atoms with Crippen molar-refractivity contribution in [3.05, 3.63) is 58.1 Å². The Hall–Kier alpha value is -2.55. The average Bonchev–Trinajstić information content (AvgIpc) is 3.32. The van der Waals surface area contributed by atoms with Gasteiger partial charge in [-0.1, -0.05) is 23.2 Å². The zero-order chi connectivity index (χ0) is 20.1. The molecule has 5 rings (SSSR count). The first-order chi connectivity index (χ1) is 14.0. The first-order valence-corrected chi connectivity index (χ1v) is 10.5. The smallest absolute Gasteiger partial charge is 0.254 e. The van der Waals surface area contributed by atoms with Crippen LogP contribution in [0, 0.1) is 0 Å². The number of thiazole rings is 1. The van der Waals surface area contributed by atoms with E-state index in [1.165, 1.54) is 11.3 Å². The van der Waals surface area contributed by atoms with Crippen LogP contribution < -0.4 is 0 Å². The molecular weight excluding hydrogens is 431 g/mol. The molecule has 0 bridgehead atoms. The molecule has 1 atom stereocenters. The molecule has 4 heterocycles. The van der Waals surface area contributed by atoms with E-state index < -0.39 is 0 Å². The molecule has 3 aromatic heterocycles. The molecule has 10 heteroatoms. The van der Waals surface area contributed by atoms with Gasteiger partial charge in [0.15, 0.2) is 16.7 Å². The minimum absolute atomic E-state index is 0.0503. The standard InChI is InChI=1S/C19H14Cl2N6OS/c1-10-16-24-25-17(18-23-13-9-22-15(21)8-14(13)29-18)27(16)7-6-26(10)19(28)11-2-4-12(20)5-3-11/h2-5,8-10H,6-7H2,1H3/t10-/m1/s1. The van der Waals surface area contributed by atoms with Crippen molar-refractivity contribution in [3.63, 3.8) is 0 Å². The van der Waals surface area contributed by atoms with Crippen LogP contribution in [-0.4, -0.2) is 42.1 Å². The predicted molar refractivity (Wildman–Crippen MR) is 112 cm³/mol. The Labute approximate surface area is 179 Å². The largest absolute Gasteiger partial charge is 0.327 e. The Kier molecular flexibility index (Phi) is 4.49. The molecule has 0 fully saturated rings. The monoisotopic (exact) mass is 444 g/mol. The van der Waals surface area contributed by atoms with Crippen molar-refractivity contribution in [1.29, 1.82) is 0 Å². The fraction of sp³-hybridized carbons (Fsp3) is 0.211. The lowest BCUT2D eigenvalue weighted by atomic mass is 10.1. The van der Waals surface area contributed by atoms with E-state index in [1.807, 2.05) is 11.5 Å². The number of hydrogen-bond donors (Lipinski definition) is 0. The van der Waals surface area contributed by atoms with Crippen molar-refractivity contribution in [2.75, 3.05) is 6.54 Å². The van der Waals surface area contributed by atoms with E-state index in [4.69, 9.17) is 23.2 Å². The average molecular weight is 445 g/mol. The number of amides is 1. The summed E-state index contributed by atoms with van der Waals surface area (Å²) in [6.45, 7) is 3.11. The van der Waals surface area contributed by atoms with Gasteiger partial charge in [-0.05, 0) is 37.3 Å². The molecule has 0 radical (unpaired) electrons. The molecule has 29 heavy (non-hydrogen) atoms. The highest BCUT2D eigenvalue weighted by Gasteiger charge is 2.32. The van der Waals surface area contributed by atoms with Gasteiger partial charge >= 0.3 is 0 Å². The number of carbonyl (C=O) groups is 1. The van der Waals surface area contributed by atoms with Crippen molar-refractivity contribution in [3.8, 4) is 10.8 Å². The molecule has 0 aliphatic carbocycles. The van der Waals surface area contributed by atoms with Gasteiger partial charge in [-0.25, -0.2) is 9.97 Å². The third-order valence-electron chi connectivity index (χ3n) is 4.97. The lowest BCUT2D eigenvalue weighted by Gasteiger charge is -2.33. The van der Waals surface area contributed by atoms with Gasteiger partial charge in [0.1, 0.15) is 10.7 Å².